The van der Waals surface area contributed by atoms with Crippen LogP contribution in [0, 0.1) is 11.3 Å². The van der Waals surface area contributed by atoms with E-state index < -0.39 is 0 Å². The van der Waals surface area contributed by atoms with Gasteiger partial charge in [-0.2, -0.15) is 5.26 Å². The van der Waals surface area contributed by atoms with Crippen molar-refractivity contribution in [2.24, 2.45) is 0 Å². The lowest BCUT2D eigenvalue weighted by Crippen LogP contribution is -1.94. The van der Waals surface area contributed by atoms with Gasteiger partial charge in [0.15, 0.2) is 5.82 Å². The van der Waals surface area contributed by atoms with Gasteiger partial charge in [-0.05, 0) is 59.7 Å². The molecular formula is C41H24N4S. The van der Waals surface area contributed by atoms with Crippen LogP contribution in [0.4, 0.5) is 0 Å². The standard InChI is InChI=1S/C41H24N4S/c42-25-26-10-8-14-30(22-26)38-40-39(44-41(43-38)27-11-2-1-3-12-27)34-24-29(20-21-37(34)46-40)28-13-9-15-31(23-28)45-35-18-6-4-16-32(35)33-17-5-7-19-36(33)45/h1-24H. The van der Waals surface area contributed by atoms with Gasteiger partial charge in [-0.1, -0.05) is 97.1 Å². The van der Waals surface area contributed by atoms with E-state index in [4.69, 9.17) is 9.97 Å². The van der Waals surface area contributed by atoms with Crippen LogP contribution in [0.2, 0.25) is 0 Å². The van der Waals surface area contributed by atoms with Crippen LogP contribution in [0.25, 0.3) is 81.6 Å². The molecule has 0 aliphatic carbocycles. The zero-order chi connectivity index (χ0) is 30.6. The molecule has 0 aliphatic rings. The number of benzene rings is 6. The van der Waals surface area contributed by atoms with Crippen LogP contribution in [0.5, 0.6) is 0 Å². The number of para-hydroxylation sites is 2. The molecule has 4 nitrogen and oxygen atoms in total. The maximum atomic E-state index is 9.61. The van der Waals surface area contributed by atoms with Crippen molar-refractivity contribution in [2.75, 3.05) is 0 Å². The molecular weight excluding hydrogens is 581 g/mol. The van der Waals surface area contributed by atoms with Crippen molar-refractivity contribution in [1.82, 2.24) is 14.5 Å². The van der Waals surface area contributed by atoms with Crippen LogP contribution in [0.3, 0.4) is 0 Å². The van der Waals surface area contributed by atoms with Crippen LogP contribution in [0.1, 0.15) is 5.56 Å². The van der Waals surface area contributed by atoms with Gasteiger partial charge in [0.2, 0.25) is 0 Å². The lowest BCUT2D eigenvalue weighted by Gasteiger charge is -2.10. The number of thiophene rings is 1. The van der Waals surface area contributed by atoms with Gasteiger partial charge in [0.05, 0.1) is 38.6 Å². The summed E-state index contributed by atoms with van der Waals surface area (Å²) in [6.45, 7) is 0. The summed E-state index contributed by atoms with van der Waals surface area (Å²) in [5, 5.41) is 13.2. The Bertz CT molecular complexity index is 2610. The van der Waals surface area contributed by atoms with Crippen LogP contribution in [-0.4, -0.2) is 14.5 Å². The predicted molar refractivity (Wildman–Crippen MR) is 190 cm³/mol. The zero-order valence-corrected chi connectivity index (χ0v) is 25.4. The number of aromatic nitrogens is 3. The van der Waals surface area contributed by atoms with E-state index in [1.807, 2.05) is 54.6 Å². The van der Waals surface area contributed by atoms with E-state index in [0.29, 0.717) is 11.4 Å². The van der Waals surface area contributed by atoms with Gasteiger partial charge in [0, 0.05) is 37.7 Å². The van der Waals surface area contributed by atoms with E-state index in [2.05, 4.69) is 102 Å². The summed E-state index contributed by atoms with van der Waals surface area (Å²) in [4.78, 5) is 10.2. The molecule has 46 heavy (non-hydrogen) atoms. The topological polar surface area (TPSA) is 54.5 Å². The molecule has 3 aromatic heterocycles. The van der Waals surface area contributed by atoms with Crippen LogP contribution >= 0.6 is 11.3 Å². The molecule has 9 aromatic rings. The number of hydrogen-bond donors (Lipinski definition) is 0. The highest BCUT2D eigenvalue weighted by Gasteiger charge is 2.18. The van der Waals surface area contributed by atoms with E-state index >= 15 is 0 Å². The summed E-state index contributed by atoms with van der Waals surface area (Å²) in [5.41, 5.74) is 10.0. The highest BCUT2D eigenvalue weighted by atomic mass is 32.1. The van der Waals surface area contributed by atoms with Crippen molar-refractivity contribution >= 4 is 53.4 Å². The number of fused-ring (bicyclic) bond motifs is 6. The smallest absolute Gasteiger partial charge is 0.160 e. The quantitative estimate of drug-likeness (QED) is 0.201. The third-order valence-corrected chi connectivity index (χ3v) is 9.79. The molecule has 0 aliphatic heterocycles. The first-order chi connectivity index (χ1) is 22.7. The summed E-state index contributed by atoms with van der Waals surface area (Å²) < 4.78 is 4.52. The molecule has 0 spiro atoms. The molecule has 6 aromatic carbocycles. The minimum absolute atomic E-state index is 0.608. The van der Waals surface area contributed by atoms with Gasteiger partial charge in [-0.3, -0.25) is 0 Å². The summed E-state index contributed by atoms with van der Waals surface area (Å²) in [5.74, 6) is 0.670. The normalized spacial score (nSPS) is 11.5. The van der Waals surface area contributed by atoms with E-state index in [1.165, 1.54) is 21.8 Å². The number of rotatable bonds is 4. The molecule has 0 bridgehead atoms. The minimum Gasteiger partial charge on any atom is -0.309 e. The van der Waals surface area contributed by atoms with E-state index in [1.54, 1.807) is 11.3 Å². The Morgan fingerprint density at radius 1 is 0.543 bits per heavy atom. The van der Waals surface area contributed by atoms with Crippen molar-refractivity contribution in [3.63, 3.8) is 0 Å². The highest BCUT2D eigenvalue weighted by Crippen LogP contribution is 2.41. The Hall–Kier alpha value is -6.09. The molecule has 0 fully saturated rings. The minimum atomic E-state index is 0.608. The molecule has 9 rings (SSSR count). The van der Waals surface area contributed by atoms with Gasteiger partial charge in [0.1, 0.15) is 0 Å². The van der Waals surface area contributed by atoms with Gasteiger partial charge in [-0.25, -0.2) is 9.97 Å². The Morgan fingerprint density at radius 3 is 2.00 bits per heavy atom. The average molecular weight is 605 g/mol. The third-order valence-electron chi connectivity index (χ3n) is 8.63. The van der Waals surface area contributed by atoms with Crippen molar-refractivity contribution in [2.45, 2.75) is 0 Å². The van der Waals surface area contributed by atoms with Crippen molar-refractivity contribution < 1.29 is 0 Å². The maximum Gasteiger partial charge on any atom is 0.160 e. The maximum absolute atomic E-state index is 9.61. The second kappa shape index (κ2) is 10.5. The highest BCUT2D eigenvalue weighted by molar-refractivity contribution is 7.26. The van der Waals surface area contributed by atoms with Crippen LogP contribution in [0.15, 0.2) is 146 Å². The summed E-state index contributed by atoms with van der Waals surface area (Å²) in [6, 6.07) is 52.7. The monoisotopic (exact) mass is 604 g/mol. The fraction of sp³-hybridized carbons (Fsp3) is 0. The van der Waals surface area contributed by atoms with Gasteiger partial charge in [0.25, 0.3) is 0 Å². The number of nitriles is 1. The van der Waals surface area contributed by atoms with Crippen LogP contribution < -0.4 is 0 Å². The molecule has 0 atom stereocenters. The molecule has 3 heterocycles. The third kappa shape index (κ3) is 4.20. The first-order valence-electron chi connectivity index (χ1n) is 15.1. The predicted octanol–water partition coefficient (Wildman–Crippen LogP) is 10.8. The molecule has 0 saturated heterocycles. The Kier molecular flexibility index (Phi) is 6.02. The van der Waals surface area contributed by atoms with Crippen molar-refractivity contribution in [1.29, 1.82) is 5.26 Å². The Balaban J connectivity index is 1.25. The second-order valence-electron chi connectivity index (χ2n) is 11.4. The first kappa shape index (κ1) is 26.3. The Morgan fingerprint density at radius 2 is 1.22 bits per heavy atom. The molecule has 0 N–H and O–H groups in total. The fourth-order valence-electron chi connectivity index (χ4n) is 6.50. The molecule has 0 unspecified atom stereocenters. The molecule has 0 saturated carbocycles. The largest absolute Gasteiger partial charge is 0.309 e. The summed E-state index contributed by atoms with van der Waals surface area (Å²) >= 11 is 1.70. The lowest BCUT2D eigenvalue weighted by atomic mass is 10.0. The van der Waals surface area contributed by atoms with E-state index in [9.17, 15) is 5.26 Å². The van der Waals surface area contributed by atoms with E-state index in [-0.39, 0.29) is 0 Å². The number of nitrogens with zero attached hydrogens (tertiary/aromatic N) is 4. The Labute approximate surface area is 269 Å². The van der Waals surface area contributed by atoms with Crippen molar-refractivity contribution in [3.8, 4) is 45.5 Å². The molecule has 5 heteroatoms. The average Bonchev–Trinajstić information content (AvgIpc) is 3.67. The lowest BCUT2D eigenvalue weighted by molar-refractivity contribution is 1.18. The van der Waals surface area contributed by atoms with Gasteiger partial charge >= 0.3 is 0 Å². The SMILES string of the molecule is N#Cc1cccc(-c2nc(-c3ccccc3)nc3c2sc2ccc(-c4cccc(-n5c6ccccc6c6ccccc65)c4)cc23)c1. The zero-order valence-electron chi connectivity index (χ0n) is 24.6. The first-order valence-corrected chi connectivity index (χ1v) is 16.0. The second-order valence-corrected chi connectivity index (χ2v) is 12.4. The molecule has 0 amide bonds. The summed E-state index contributed by atoms with van der Waals surface area (Å²) in [7, 11) is 0. The van der Waals surface area contributed by atoms with Gasteiger partial charge in [-0.15, -0.1) is 11.3 Å². The molecule has 0 radical (unpaired) electrons. The number of hydrogen-bond acceptors (Lipinski definition) is 4. The van der Waals surface area contributed by atoms with Crippen LogP contribution in [-0.2, 0) is 0 Å². The van der Waals surface area contributed by atoms with E-state index in [0.717, 1.165) is 53.9 Å². The van der Waals surface area contributed by atoms with Crippen molar-refractivity contribution in [3.05, 3.63) is 151 Å². The molecule has 214 valence electrons. The van der Waals surface area contributed by atoms with Gasteiger partial charge < -0.3 is 4.57 Å². The fourth-order valence-corrected chi connectivity index (χ4v) is 7.63. The summed E-state index contributed by atoms with van der Waals surface area (Å²) in [6.07, 6.45) is 0.